The van der Waals surface area contributed by atoms with Crippen LogP contribution < -0.4 is 9.47 Å². The number of ether oxygens (including phenoxy) is 2. The van der Waals surface area contributed by atoms with Gasteiger partial charge in [0.25, 0.3) is 23.6 Å². The molecule has 0 aromatic heterocycles. The highest BCUT2D eigenvalue weighted by Crippen LogP contribution is 2.48. The van der Waals surface area contributed by atoms with E-state index in [9.17, 15) is 19.2 Å². The van der Waals surface area contributed by atoms with E-state index in [1.807, 2.05) is 126 Å². The van der Waals surface area contributed by atoms with Crippen LogP contribution in [0.2, 0.25) is 0 Å². The van der Waals surface area contributed by atoms with Gasteiger partial charge in [0.05, 0.1) is 12.1 Å². The molecule has 6 unspecified atom stereocenters. The highest BCUT2D eigenvalue weighted by Gasteiger charge is 2.44. The Morgan fingerprint density at radius 2 is 0.614 bits per heavy atom. The summed E-state index contributed by atoms with van der Waals surface area (Å²) in [4.78, 5) is 76.2. The summed E-state index contributed by atoms with van der Waals surface area (Å²) in [6.07, 6.45) is -2.47. The molecule has 12 heteroatoms. The molecule has 88 heavy (non-hydrogen) atoms. The first-order valence-corrected chi connectivity index (χ1v) is 31.3. The minimum atomic E-state index is -0.931. The van der Waals surface area contributed by atoms with Crippen molar-refractivity contribution < 1.29 is 38.3 Å². The van der Waals surface area contributed by atoms with Crippen molar-refractivity contribution >= 4 is 66.7 Å². The molecule has 11 rings (SSSR count). The summed E-state index contributed by atoms with van der Waals surface area (Å²) >= 11 is 0. The molecule has 0 radical (unpaired) electrons. The van der Waals surface area contributed by atoms with Gasteiger partial charge in [-0.05, 0) is 170 Å². The van der Waals surface area contributed by atoms with Gasteiger partial charge < -0.3 is 9.47 Å². The lowest BCUT2D eigenvalue weighted by molar-refractivity contribution is -0.272. The first-order valence-electron chi connectivity index (χ1n) is 31.3. The number of rotatable bonds is 20. The minimum absolute atomic E-state index is 0.0149. The number of fused-ring (bicyclic) bond motifs is 2. The zero-order chi connectivity index (χ0) is 63.0. The van der Waals surface area contributed by atoms with Gasteiger partial charge in [0, 0.05) is 55.9 Å². The topological polar surface area (TPSA) is 118 Å². The first kappa shape index (κ1) is 61.6. The summed E-state index contributed by atoms with van der Waals surface area (Å²) in [5.41, 5.74) is 5.21. The van der Waals surface area contributed by atoms with Gasteiger partial charge >= 0.3 is 0 Å². The Morgan fingerprint density at radius 3 is 0.864 bits per heavy atom. The molecule has 4 amide bonds. The highest BCUT2D eigenvalue weighted by molar-refractivity contribution is 6.41. The lowest BCUT2D eigenvalue weighted by Gasteiger charge is -2.44. The molecule has 456 valence electrons. The molecule has 0 fully saturated rings. The molecular formula is C76H84N4O8. The van der Waals surface area contributed by atoms with Crippen LogP contribution in [-0.4, -0.2) is 67.1 Å². The molecule has 12 nitrogen and oxygen atoms in total. The van der Waals surface area contributed by atoms with E-state index < -0.39 is 36.1 Å². The van der Waals surface area contributed by atoms with E-state index in [-0.39, 0.29) is 59.0 Å². The maximum absolute atomic E-state index is 15.0. The van der Waals surface area contributed by atoms with Crippen molar-refractivity contribution in [3.8, 4) is 11.5 Å². The highest BCUT2D eigenvalue weighted by atomic mass is 16.7. The molecule has 0 aliphatic carbocycles. The molecule has 0 saturated heterocycles. The fraction of sp³-hybridized carbons (Fsp3) is 0.368. The number of amides is 4. The predicted molar refractivity (Wildman–Crippen MR) is 350 cm³/mol. The number of hydroxylamine groups is 4. The summed E-state index contributed by atoms with van der Waals surface area (Å²) in [7, 11) is 0. The molecule has 0 saturated carbocycles. The van der Waals surface area contributed by atoms with Gasteiger partial charge in [-0.2, -0.15) is 10.1 Å². The maximum atomic E-state index is 15.0. The molecule has 0 N–H and O–H groups in total. The van der Waals surface area contributed by atoms with E-state index in [1.54, 1.807) is 24.3 Å². The maximum Gasteiger partial charge on any atom is 0.264 e. The average molecular weight is 1180 g/mol. The zero-order valence-corrected chi connectivity index (χ0v) is 53.8. The summed E-state index contributed by atoms with van der Waals surface area (Å²) in [6, 6.07) is 51.2. The van der Waals surface area contributed by atoms with Crippen molar-refractivity contribution in [1.82, 2.24) is 19.9 Å². The van der Waals surface area contributed by atoms with Crippen molar-refractivity contribution in [3.63, 3.8) is 0 Å². The molecule has 0 bridgehead atoms. The Labute approximate surface area is 518 Å². The van der Waals surface area contributed by atoms with Crippen LogP contribution in [0.25, 0.3) is 43.1 Å². The fourth-order valence-corrected chi connectivity index (χ4v) is 13.3. The van der Waals surface area contributed by atoms with Gasteiger partial charge in [0.15, 0.2) is 12.5 Å². The number of imide groups is 2. The normalized spacial score (nSPS) is 16.2. The van der Waals surface area contributed by atoms with Gasteiger partial charge in [-0.25, -0.2) is 9.80 Å². The monoisotopic (exact) mass is 1180 g/mol. The Bertz CT molecular complexity index is 3690. The van der Waals surface area contributed by atoms with Gasteiger partial charge in [-0.15, -0.1) is 0 Å². The third-order valence-corrected chi connectivity index (χ3v) is 17.5. The van der Waals surface area contributed by atoms with Crippen LogP contribution in [0.3, 0.4) is 0 Å². The zero-order valence-electron chi connectivity index (χ0n) is 53.8. The molecule has 9 aromatic carbocycles. The lowest BCUT2D eigenvalue weighted by atomic mass is 9.82. The second kappa shape index (κ2) is 23.8. The summed E-state index contributed by atoms with van der Waals surface area (Å²) in [5, 5.41) is 10.1. The van der Waals surface area contributed by atoms with Crippen LogP contribution in [0.1, 0.15) is 199 Å². The number of benzene rings is 9. The smallest absolute Gasteiger partial charge is 0.264 e. The van der Waals surface area contributed by atoms with E-state index in [1.165, 1.54) is 20.9 Å². The minimum Gasteiger partial charge on any atom is -0.470 e. The van der Waals surface area contributed by atoms with Gasteiger partial charge in [-0.1, -0.05) is 165 Å². The molecular weight excluding hydrogens is 1100 g/mol. The Balaban J connectivity index is 0.844. The summed E-state index contributed by atoms with van der Waals surface area (Å²) in [5.74, 6) is -0.785. The van der Waals surface area contributed by atoms with Crippen LogP contribution in [-0.2, 0) is 9.68 Å². The SMILES string of the molecule is CC(ON(C(c1ccccc1)C(C)C)C(C)(C)C)c1ccc(OC(C(C)C)N2C(=O)c3ccc4c5ccc6c7c(ccc(c8ccc(c3c48)C2=O)c75)C(=O)N(C(Oc2ccc(C(C)ON(C(c3ccccc3)C(C)C)C(C)(C)C)cc2)C(C)C)C6=O)cc1. The number of nitrogens with zero attached hydrogens (tertiary/aromatic N) is 4. The van der Waals surface area contributed by atoms with E-state index >= 15 is 0 Å². The number of carbonyl (C=O) groups is 4. The van der Waals surface area contributed by atoms with E-state index in [0.717, 1.165) is 43.4 Å². The van der Waals surface area contributed by atoms with Crippen molar-refractivity contribution in [3.05, 3.63) is 202 Å². The second-order valence-corrected chi connectivity index (χ2v) is 27.4. The molecule has 6 atom stereocenters. The van der Waals surface area contributed by atoms with Crippen molar-refractivity contribution in [1.29, 1.82) is 0 Å². The molecule has 2 heterocycles. The summed E-state index contributed by atoms with van der Waals surface area (Å²) in [6.45, 7) is 33.7. The number of hydrogen-bond acceptors (Lipinski definition) is 10. The molecule has 2 aliphatic rings. The number of carbonyl (C=O) groups excluding carboxylic acids is 4. The second-order valence-electron chi connectivity index (χ2n) is 27.4. The predicted octanol–water partition coefficient (Wildman–Crippen LogP) is 18.0. The molecule has 0 spiro atoms. The van der Waals surface area contributed by atoms with E-state index in [0.29, 0.717) is 44.5 Å². The molecule has 2 aliphatic heterocycles. The average Bonchev–Trinajstić information content (AvgIpc) is 0.721. The Hall–Kier alpha value is -8.00. The van der Waals surface area contributed by atoms with E-state index in [2.05, 4.69) is 128 Å². The van der Waals surface area contributed by atoms with Gasteiger partial charge in [-0.3, -0.25) is 28.9 Å². The fourth-order valence-electron chi connectivity index (χ4n) is 13.3. The van der Waals surface area contributed by atoms with Crippen LogP contribution in [0.5, 0.6) is 11.5 Å². The Kier molecular flexibility index (Phi) is 16.7. The van der Waals surface area contributed by atoms with Gasteiger partial charge in [0.2, 0.25) is 0 Å². The van der Waals surface area contributed by atoms with Gasteiger partial charge in [0.1, 0.15) is 23.7 Å². The number of hydrogen-bond donors (Lipinski definition) is 0. The van der Waals surface area contributed by atoms with Crippen LogP contribution in [0.4, 0.5) is 0 Å². The van der Waals surface area contributed by atoms with Crippen LogP contribution in [0.15, 0.2) is 158 Å². The summed E-state index contributed by atoms with van der Waals surface area (Å²) < 4.78 is 13.3. The van der Waals surface area contributed by atoms with Crippen molar-refractivity contribution in [2.24, 2.45) is 23.7 Å². The third-order valence-electron chi connectivity index (χ3n) is 17.5. The lowest BCUT2D eigenvalue weighted by Crippen LogP contribution is -2.52. The van der Waals surface area contributed by atoms with Crippen LogP contribution >= 0.6 is 0 Å². The largest absolute Gasteiger partial charge is 0.470 e. The van der Waals surface area contributed by atoms with E-state index in [4.69, 9.17) is 19.1 Å². The third kappa shape index (κ3) is 11.1. The van der Waals surface area contributed by atoms with Crippen molar-refractivity contribution in [2.75, 3.05) is 0 Å². The standard InChI is InChI=1S/C76H84N4O8/c1-43(2)67(51-23-19-17-20-24-51)79(75(11,12)13)87-47(9)49-27-31-53(32-28-49)85-73(45(5)6)77-69(81)59-39-35-55-57-37-41-61-66-62(42-38-58(64(57)66)56-36-40-60(70(77)82)65(59)63(55)56)72(84)78(71(61)83)74(46(7)8)86-54-33-29-50(30-34-54)48(10)88-80(76(14,15)16)68(44(3)4)52-25-21-18-22-26-52/h17-48,67-68,73-74H,1-16H3. The molecule has 9 aromatic rings. The quantitative estimate of drug-likeness (QED) is 0.0316. The van der Waals surface area contributed by atoms with Crippen LogP contribution in [0, 0.1) is 23.7 Å². The van der Waals surface area contributed by atoms with Crippen molar-refractivity contribution in [2.45, 2.75) is 159 Å². The first-order chi connectivity index (χ1) is 41.8. The Morgan fingerprint density at radius 1 is 0.330 bits per heavy atom.